The summed E-state index contributed by atoms with van der Waals surface area (Å²) < 4.78 is 0. The van der Waals surface area contributed by atoms with E-state index in [9.17, 15) is 0 Å². The van der Waals surface area contributed by atoms with Crippen LogP contribution < -0.4 is 0 Å². The van der Waals surface area contributed by atoms with Crippen LogP contribution in [0.3, 0.4) is 0 Å². The Balaban J connectivity index is 4.09. The zero-order valence-corrected chi connectivity index (χ0v) is 17.4. The van der Waals surface area contributed by atoms with Crippen molar-refractivity contribution in [1.82, 2.24) is 0 Å². The second-order valence-electron chi connectivity index (χ2n) is 7.41. The molecule has 0 saturated heterocycles. The summed E-state index contributed by atoms with van der Waals surface area (Å²) in [5, 5.41) is 26.9. The van der Waals surface area contributed by atoms with Gasteiger partial charge in [0, 0.05) is 0 Å². The molecule has 0 aliphatic rings. The van der Waals surface area contributed by atoms with Crippen LogP contribution in [0.25, 0.3) is 0 Å². The summed E-state index contributed by atoms with van der Waals surface area (Å²) in [5.74, 6) is 0. The summed E-state index contributed by atoms with van der Waals surface area (Å²) in [5.41, 5.74) is 0. The third-order valence-electron chi connectivity index (χ3n) is 5.36. The van der Waals surface area contributed by atoms with E-state index in [2.05, 4.69) is 25.1 Å². The summed E-state index contributed by atoms with van der Waals surface area (Å²) in [6, 6.07) is 6.85. The van der Waals surface area contributed by atoms with Gasteiger partial charge in [0.05, 0.1) is 0 Å². The number of hydrogen-bond donors (Lipinski definition) is 0. The molecule has 0 saturated carbocycles. The van der Waals surface area contributed by atoms with Crippen molar-refractivity contribution in [3.05, 3.63) is 0 Å². The first-order valence-corrected chi connectivity index (χ1v) is 13.2. The van der Waals surface area contributed by atoms with Gasteiger partial charge < -0.3 is 0 Å². The average molecular weight is 364 g/mol. The van der Waals surface area contributed by atoms with Gasteiger partial charge in [-0.3, -0.25) is 0 Å². The molecule has 0 unspecified atom stereocenters. The van der Waals surface area contributed by atoms with Crippen LogP contribution in [0.2, 0.25) is 0 Å². The standard InChI is InChI=1S/C21H38N3P/c1-2-3-4-5-6-7-8-9-10-11-18-25(19-12-15-22,20-13-16-23)21-14-17-24/h25H,2-14,18-21H2,1H3. The van der Waals surface area contributed by atoms with E-state index in [1.54, 1.807) is 0 Å². The van der Waals surface area contributed by atoms with Crippen molar-refractivity contribution >= 4 is 7.26 Å². The van der Waals surface area contributed by atoms with E-state index in [4.69, 9.17) is 15.8 Å². The maximum absolute atomic E-state index is 8.97. The summed E-state index contributed by atoms with van der Waals surface area (Å²) in [6.07, 6.45) is 19.3. The third-order valence-corrected chi connectivity index (χ3v) is 10.7. The van der Waals surface area contributed by atoms with E-state index < -0.39 is 7.26 Å². The van der Waals surface area contributed by atoms with Gasteiger partial charge in [-0.15, -0.1) is 0 Å². The Bertz CT molecular complexity index is 382. The third kappa shape index (κ3) is 13.8. The van der Waals surface area contributed by atoms with E-state index >= 15 is 0 Å². The molecule has 0 rings (SSSR count). The molecule has 0 N–H and O–H groups in total. The minimum atomic E-state index is -1.62. The summed E-state index contributed by atoms with van der Waals surface area (Å²) in [6.45, 7) is 2.26. The topological polar surface area (TPSA) is 71.4 Å². The van der Waals surface area contributed by atoms with Crippen molar-refractivity contribution in [3.8, 4) is 18.2 Å². The average Bonchev–Trinajstić information content (AvgIpc) is 2.64. The summed E-state index contributed by atoms with van der Waals surface area (Å²) in [7, 11) is -1.62. The normalized spacial score (nSPS) is 11.4. The van der Waals surface area contributed by atoms with Gasteiger partial charge in [0.25, 0.3) is 0 Å². The fraction of sp³-hybridized carbons (Fsp3) is 0.857. The molecule has 0 aromatic rings. The Morgan fingerprint density at radius 2 is 0.880 bits per heavy atom. The molecule has 0 spiro atoms. The van der Waals surface area contributed by atoms with Crippen molar-refractivity contribution in [1.29, 1.82) is 15.8 Å². The molecule has 0 atom stereocenters. The summed E-state index contributed by atoms with van der Waals surface area (Å²) >= 11 is 0. The Morgan fingerprint density at radius 3 is 1.24 bits per heavy atom. The van der Waals surface area contributed by atoms with E-state index in [-0.39, 0.29) is 0 Å². The molecule has 0 fully saturated rings. The molecule has 0 aromatic heterocycles. The SMILES string of the molecule is CCCCCCCCCCCC[PH](CCC#N)(CCC#N)CCC#N. The molecular weight excluding hydrogens is 325 g/mol. The Morgan fingerprint density at radius 1 is 0.520 bits per heavy atom. The minimum absolute atomic E-state index is 0.598. The van der Waals surface area contributed by atoms with Gasteiger partial charge in [0.1, 0.15) is 0 Å². The first kappa shape index (κ1) is 23.9. The van der Waals surface area contributed by atoms with Gasteiger partial charge in [-0.2, -0.15) is 0 Å². The van der Waals surface area contributed by atoms with E-state index in [1.165, 1.54) is 70.4 Å². The molecular formula is C21H38N3P. The first-order valence-electron chi connectivity index (χ1n) is 10.4. The Kier molecular flexibility index (Phi) is 16.9. The Labute approximate surface area is 156 Å². The first-order chi connectivity index (χ1) is 12.2. The molecule has 0 bridgehead atoms. The molecule has 3 nitrogen and oxygen atoms in total. The molecule has 25 heavy (non-hydrogen) atoms. The number of nitriles is 3. The predicted molar refractivity (Wildman–Crippen MR) is 110 cm³/mol. The quantitative estimate of drug-likeness (QED) is 0.222. The second-order valence-corrected chi connectivity index (χ2v) is 12.4. The number of rotatable bonds is 17. The molecule has 0 aromatic carbocycles. The molecule has 0 aliphatic carbocycles. The zero-order valence-electron chi connectivity index (χ0n) is 16.4. The molecule has 0 heterocycles. The van der Waals surface area contributed by atoms with Crippen molar-refractivity contribution in [2.24, 2.45) is 0 Å². The van der Waals surface area contributed by atoms with Crippen LogP contribution >= 0.6 is 7.26 Å². The van der Waals surface area contributed by atoms with Crippen LogP contribution in [0, 0.1) is 34.0 Å². The van der Waals surface area contributed by atoms with E-state index in [1.807, 2.05) is 0 Å². The van der Waals surface area contributed by atoms with Crippen LogP contribution in [-0.2, 0) is 0 Å². The van der Waals surface area contributed by atoms with Crippen LogP contribution in [0.5, 0.6) is 0 Å². The van der Waals surface area contributed by atoms with Crippen LogP contribution in [0.1, 0.15) is 90.4 Å². The number of nitrogens with zero attached hydrogens (tertiary/aromatic N) is 3. The van der Waals surface area contributed by atoms with Crippen LogP contribution in [0.15, 0.2) is 0 Å². The van der Waals surface area contributed by atoms with Crippen LogP contribution in [-0.4, -0.2) is 24.6 Å². The van der Waals surface area contributed by atoms with Crippen molar-refractivity contribution in [3.63, 3.8) is 0 Å². The predicted octanol–water partition coefficient (Wildman–Crippen LogP) is 6.40. The van der Waals surface area contributed by atoms with Crippen molar-refractivity contribution in [2.75, 3.05) is 24.6 Å². The fourth-order valence-corrected chi connectivity index (χ4v) is 8.13. The molecule has 0 radical (unpaired) electrons. The maximum atomic E-state index is 8.97. The van der Waals surface area contributed by atoms with Gasteiger partial charge >= 0.3 is 156 Å². The van der Waals surface area contributed by atoms with Gasteiger partial charge in [-0.1, -0.05) is 0 Å². The summed E-state index contributed by atoms with van der Waals surface area (Å²) in [4.78, 5) is 0. The Hall–Kier alpha value is -1.10. The molecule has 0 amide bonds. The van der Waals surface area contributed by atoms with E-state index in [0.29, 0.717) is 19.3 Å². The molecule has 4 heteroatoms. The van der Waals surface area contributed by atoms with Gasteiger partial charge in [0.2, 0.25) is 0 Å². The van der Waals surface area contributed by atoms with Crippen molar-refractivity contribution < 1.29 is 0 Å². The number of unbranched alkanes of at least 4 members (excludes halogenated alkanes) is 9. The zero-order chi connectivity index (χ0) is 18.6. The molecule has 0 aliphatic heterocycles. The van der Waals surface area contributed by atoms with Gasteiger partial charge in [-0.25, -0.2) is 0 Å². The second kappa shape index (κ2) is 17.7. The van der Waals surface area contributed by atoms with Gasteiger partial charge in [0.15, 0.2) is 0 Å². The van der Waals surface area contributed by atoms with Crippen molar-refractivity contribution in [2.45, 2.75) is 90.4 Å². The van der Waals surface area contributed by atoms with Crippen LogP contribution in [0.4, 0.5) is 0 Å². The number of hydrogen-bond acceptors (Lipinski definition) is 3. The fourth-order valence-electron chi connectivity index (χ4n) is 3.70. The monoisotopic (exact) mass is 363 g/mol. The van der Waals surface area contributed by atoms with E-state index in [0.717, 1.165) is 18.5 Å². The molecule has 142 valence electrons. The van der Waals surface area contributed by atoms with Gasteiger partial charge in [-0.05, 0) is 0 Å².